The Labute approximate surface area is 130 Å². The highest BCUT2D eigenvalue weighted by Gasteiger charge is 2.38. The van der Waals surface area contributed by atoms with E-state index in [0.717, 1.165) is 25.7 Å². The number of nitrogens with zero attached hydrogens (tertiary/aromatic N) is 4. The number of carbonyl (C=O) groups is 1. The molecule has 7 nitrogen and oxygen atoms in total. The molecule has 0 spiro atoms. The Hall–Kier alpha value is -1.44. The molecule has 1 saturated carbocycles. The summed E-state index contributed by atoms with van der Waals surface area (Å²) < 4.78 is 25.1. The van der Waals surface area contributed by atoms with Gasteiger partial charge in [0.2, 0.25) is 5.91 Å². The van der Waals surface area contributed by atoms with Crippen LogP contribution in [0.5, 0.6) is 0 Å². The summed E-state index contributed by atoms with van der Waals surface area (Å²) in [6.07, 6.45) is 9.11. The van der Waals surface area contributed by atoms with Crippen LogP contribution in [0.15, 0.2) is 12.4 Å². The fraction of sp³-hybridized carbons (Fsp3) is 0.786. The highest BCUT2D eigenvalue weighted by molar-refractivity contribution is 7.91. The van der Waals surface area contributed by atoms with Crippen LogP contribution in [0, 0.1) is 0 Å². The molecule has 1 aromatic rings. The van der Waals surface area contributed by atoms with E-state index in [1.165, 1.54) is 17.3 Å². The third kappa shape index (κ3) is 3.48. The van der Waals surface area contributed by atoms with Crippen LogP contribution in [0.4, 0.5) is 0 Å². The average Bonchev–Trinajstić information content (AvgIpc) is 3.10. The van der Waals surface area contributed by atoms with Crippen molar-refractivity contribution in [3.05, 3.63) is 12.4 Å². The van der Waals surface area contributed by atoms with E-state index in [1.54, 1.807) is 6.20 Å². The Kier molecular flexibility index (Phi) is 4.46. The molecule has 1 unspecified atom stereocenters. The molecule has 0 radical (unpaired) electrons. The first-order valence-electron chi connectivity index (χ1n) is 7.91. The Balaban J connectivity index is 1.77. The van der Waals surface area contributed by atoms with Gasteiger partial charge in [-0.25, -0.2) is 13.1 Å². The van der Waals surface area contributed by atoms with Gasteiger partial charge in [-0.1, -0.05) is 24.5 Å². The van der Waals surface area contributed by atoms with E-state index in [0.29, 0.717) is 6.42 Å². The van der Waals surface area contributed by atoms with E-state index in [2.05, 4.69) is 10.3 Å². The monoisotopic (exact) mass is 326 g/mol. The lowest BCUT2D eigenvalue weighted by Crippen LogP contribution is -2.49. The van der Waals surface area contributed by atoms with Gasteiger partial charge in [-0.05, 0) is 19.3 Å². The molecule has 8 heteroatoms. The number of hydrogen-bond donors (Lipinski definition) is 0. The van der Waals surface area contributed by atoms with Crippen LogP contribution < -0.4 is 0 Å². The highest BCUT2D eigenvalue weighted by atomic mass is 32.2. The second-order valence-electron chi connectivity index (χ2n) is 6.25. The number of aromatic nitrogens is 3. The van der Waals surface area contributed by atoms with Crippen molar-refractivity contribution in [1.82, 2.24) is 19.9 Å². The summed E-state index contributed by atoms with van der Waals surface area (Å²) in [6.45, 7) is 0.132. The molecule has 2 fully saturated rings. The van der Waals surface area contributed by atoms with Crippen molar-refractivity contribution in [3.63, 3.8) is 0 Å². The maximum atomic E-state index is 12.8. The van der Waals surface area contributed by atoms with Crippen molar-refractivity contribution in [3.8, 4) is 0 Å². The topological polar surface area (TPSA) is 85.2 Å². The van der Waals surface area contributed by atoms with Crippen molar-refractivity contribution in [1.29, 1.82) is 0 Å². The standard InChI is InChI=1S/C14H22N4O3S/c19-14(10-17-8-7-15-16-17)18(12-4-2-1-3-5-12)13-6-9-22(20,21)11-13/h7-8,12-13H,1-6,9-11H2. The maximum absolute atomic E-state index is 12.8. The zero-order valence-corrected chi connectivity index (χ0v) is 13.4. The summed E-state index contributed by atoms with van der Waals surface area (Å²) in [4.78, 5) is 14.6. The number of hydrogen-bond acceptors (Lipinski definition) is 5. The molecule has 122 valence electrons. The first-order chi connectivity index (χ1) is 10.6. The lowest BCUT2D eigenvalue weighted by atomic mass is 9.93. The molecule has 1 aliphatic heterocycles. The molecular formula is C14H22N4O3S. The SMILES string of the molecule is O=C(Cn1ccnn1)N(C1CCCCC1)C1CCS(=O)(=O)C1. The molecule has 1 saturated heterocycles. The molecule has 0 aromatic carbocycles. The third-order valence-corrected chi connectivity index (χ3v) is 6.38. The van der Waals surface area contributed by atoms with Crippen LogP contribution in [-0.4, -0.2) is 57.8 Å². The van der Waals surface area contributed by atoms with Gasteiger partial charge in [-0.2, -0.15) is 0 Å². The van der Waals surface area contributed by atoms with Gasteiger partial charge in [0, 0.05) is 18.3 Å². The van der Waals surface area contributed by atoms with Crippen LogP contribution >= 0.6 is 0 Å². The molecule has 2 aliphatic rings. The second-order valence-corrected chi connectivity index (χ2v) is 8.48. The number of carbonyl (C=O) groups excluding carboxylic acids is 1. The van der Waals surface area contributed by atoms with Crippen LogP contribution in [-0.2, 0) is 21.2 Å². The minimum absolute atomic E-state index is 0.0421. The lowest BCUT2D eigenvalue weighted by molar-refractivity contribution is -0.137. The second kappa shape index (κ2) is 6.36. The minimum atomic E-state index is -3.00. The molecule has 22 heavy (non-hydrogen) atoms. The first-order valence-corrected chi connectivity index (χ1v) is 9.73. The van der Waals surface area contributed by atoms with E-state index in [4.69, 9.17) is 0 Å². The first kappa shape index (κ1) is 15.5. The summed E-state index contributed by atoms with van der Waals surface area (Å²) in [7, 11) is -3.00. The summed E-state index contributed by atoms with van der Waals surface area (Å²) in [6, 6.07) is -0.00723. The van der Waals surface area contributed by atoms with Gasteiger partial charge in [0.05, 0.1) is 17.7 Å². The molecule has 1 aromatic heterocycles. The zero-order chi connectivity index (χ0) is 15.6. The van der Waals surface area contributed by atoms with Crippen molar-refractivity contribution >= 4 is 15.7 Å². The van der Waals surface area contributed by atoms with E-state index in [1.807, 2.05) is 4.90 Å². The van der Waals surface area contributed by atoms with Crippen molar-refractivity contribution < 1.29 is 13.2 Å². The summed E-state index contributed by atoms with van der Waals surface area (Å²) in [5.41, 5.74) is 0. The Morgan fingerprint density at radius 2 is 1.95 bits per heavy atom. The molecule has 3 rings (SSSR count). The smallest absolute Gasteiger partial charge is 0.244 e. The quantitative estimate of drug-likeness (QED) is 0.810. The molecule has 1 aliphatic carbocycles. The Morgan fingerprint density at radius 3 is 2.55 bits per heavy atom. The largest absolute Gasteiger partial charge is 0.334 e. The number of amides is 1. The van der Waals surface area contributed by atoms with Gasteiger partial charge in [0.15, 0.2) is 9.84 Å². The fourth-order valence-electron chi connectivity index (χ4n) is 3.60. The Bertz CT molecular complexity index is 608. The van der Waals surface area contributed by atoms with E-state index in [-0.39, 0.29) is 36.0 Å². The molecule has 2 heterocycles. The minimum Gasteiger partial charge on any atom is -0.334 e. The van der Waals surface area contributed by atoms with Crippen LogP contribution in [0.1, 0.15) is 38.5 Å². The van der Waals surface area contributed by atoms with Gasteiger partial charge < -0.3 is 4.90 Å². The van der Waals surface area contributed by atoms with Crippen molar-refractivity contribution in [2.45, 2.75) is 57.2 Å². The number of sulfone groups is 1. The van der Waals surface area contributed by atoms with Crippen LogP contribution in [0.3, 0.4) is 0 Å². The van der Waals surface area contributed by atoms with Gasteiger partial charge >= 0.3 is 0 Å². The van der Waals surface area contributed by atoms with E-state index >= 15 is 0 Å². The van der Waals surface area contributed by atoms with Crippen LogP contribution in [0.2, 0.25) is 0 Å². The van der Waals surface area contributed by atoms with Gasteiger partial charge in [-0.15, -0.1) is 5.10 Å². The van der Waals surface area contributed by atoms with Crippen molar-refractivity contribution in [2.75, 3.05) is 11.5 Å². The molecule has 1 atom stereocenters. The van der Waals surface area contributed by atoms with E-state index < -0.39 is 9.84 Å². The third-order valence-electron chi connectivity index (χ3n) is 4.63. The van der Waals surface area contributed by atoms with Crippen molar-refractivity contribution in [2.24, 2.45) is 0 Å². The molecule has 1 amide bonds. The van der Waals surface area contributed by atoms with Gasteiger partial charge in [0.1, 0.15) is 6.54 Å². The predicted molar refractivity (Wildman–Crippen MR) is 80.8 cm³/mol. The lowest BCUT2D eigenvalue weighted by Gasteiger charge is -2.38. The average molecular weight is 326 g/mol. The maximum Gasteiger partial charge on any atom is 0.244 e. The summed E-state index contributed by atoms with van der Waals surface area (Å²) in [5.74, 6) is 0.254. The molecule has 0 N–H and O–H groups in total. The number of rotatable bonds is 4. The van der Waals surface area contributed by atoms with Gasteiger partial charge in [0.25, 0.3) is 0 Å². The fourth-order valence-corrected chi connectivity index (χ4v) is 5.31. The van der Waals surface area contributed by atoms with E-state index in [9.17, 15) is 13.2 Å². The summed E-state index contributed by atoms with van der Waals surface area (Å²) >= 11 is 0. The van der Waals surface area contributed by atoms with Gasteiger partial charge in [-0.3, -0.25) is 4.79 Å². The van der Waals surface area contributed by atoms with Crippen LogP contribution in [0.25, 0.3) is 0 Å². The normalized spacial score (nSPS) is 25.2. The zero-order valence-electron chi connectivity index (χ0n) is 12.6. The highest BCUT2D eigenvalue weighted by Crippen LogP contribution is 2.28. The predicted octanol–water partition coefficient (Wildman–Crippen LogP) is 0.626. The summed E-state index contributed by atoms with van der Waals surface area (Å²) in [5, 5.41) is 7.55. The molecular weight excluding hydrogens is 304 g/mol. The molecule has 0 bridgehead atoms. The Morgan fingerprint density at radius 1 is 1.18 bits per heavy atom.